The van der Waals surface area contributed by atoms with Crippen molar-refractivity contribution in [3.63, 3.8) is 0 Å². The van der Waals surface area contributed by atoms with Crippen LogP contribution in [-0.4, -0.2) is 24.3 Å². The highest BCUT2D eigenvalue weighted by molar-refractivity contribution is 5.89. The fourth-order valence-corrected chi connectivity index (χ4v) is 1.72. The lowest BCUT2D eigenvalue weighted by Crippen LogP contribution is -2.34. The monoisotopic (exact) mass is 293 g/mol. The molecule has 0 heterocycles. The number of rotatable bonds is 4. The van der Waals surface area contributed by atoms with E-state index in [2.05, 4.69) is 5.32 Å². The van der Waals surface area contributed by atoms with Gasteiger partial charge in [0.1, 0.15) is 5.60 Å². The van der Waals surface area contributed by atoms with E-state index in [1.807, 2.05) is 13.0 Å². The van der Waals surface area contributed by atoms with Crippen LogP contribution in [0.5, 0.6) is 0 Å². The van der Waals surface area contributed by atoms with Crippen molar-refractivity contribution in [1.82, 2.24) is 5.32 Å². The summed E-state index contributed by atoms with van der Waals surface area (Å²) in [5.41, 5.74) is 0.731. The van der Waals surface area contributed by atoms with E-state index in [1.165, 1.54) is 0 Å². The van der Waals surface area contributed by atoms with Gasteiger partial charge in [0.15, 0.2) is 0 Å². The van der Waals surface area contributed by atoms with E-state index in [0.29, 0.717) is 12.2 Å². The Balaban J connectivity index is 2.74. The number of ether oxygens (including phenoxy) is 2. The average molecular weight is 293 g/mol. The summed E-state index contributed by atoms with van der Waals surface area (Å²) >= 11 is 0. The summed E-state index contributed by atoms with van der Waals surface area (Å²) in [4.78, 5) is 23.4. The molecule has 0 saturated heterocycles. The lowest BCUT2D eigenvalue weighted by Gasteiger charge is -2.22. The standard InChI is InChI=1S/C16H23NO4/c1-6-20-14(18)13-9-7-8-12(10-13)11(2)17-15(19)21-16(3,4)5/h7-11H,6H2,1-5H3,(H,17,19)/t11-/m0/s1. The van der Waals surface area contributed by atoms with Crippen molar-refractivity contribution >= 4 is 12.1 Å². The Morgan fingerprint density at radius 3 is 2.52 bits per heavy atom. The molecule has 1 rings (SSSR count). The maximum absolute atomic E-state index is 11.7. The Morgan fingerprint density at radius 2 is 1.95 bits per heavy atom. The fraction of sp³-hybridized carbons (Fsp3) is 0.500. The van der Waals surface area contributed by atoms with E-state index in [0.717, 1.165) is 5.56 Å². The second kappa shape index (κ2) is 7.11. The van der Waals surface area contributed by atoms with Crippen molar-refractivity contribution in [2.24, 2.45) is 0 Å². The molecular formula is C16H23NO4. The molecule has 5 heteroatoms. The molecule has 5 nitrogen and oxygen atoms in total. The van der Waals surface area contributed by atoms with Crippen LogP contribution in [-0.2, 0) is 9.47 Å². The van der Waals surface area contributed by atoms with Crippen LogP contribution >= 0.6 is 0 Å². The molecule has 0 spiro atoms. The Labute approximate surface area is 125 Å². The molecule has 0 fully saturated rings. The first kappa shape index (κ1) is 17.0. The number of carbonyl (C=O) groups excluding carboxylic acids is 2. The van der Waals surface area contributed by atoms with Crippen LogP contribution in [0.25, 0.3) is 0 Å². The molecule has 1 aromatic carbocycles. The van der Waals surface area contributed by atoms with Gasteiger partial charge < -0.3 is 14.8 Å². The highest BCUT2D eigenvalue weighted by Crippen LogP contribution is 2.16. The third kappa shape index (κ3) is 5.85. The lowest BCUT2D eigenvalue weighted by atomic mass is 10.1. The zero-order valence-electron chi connectivity index (χ0n) is 13.2. The maximum atomic E-state index is 11.7. The third-order valence-corrected chi connectivity index (χ3v) is 2.63. The summed E-state index contributed by atoms with van der Waals surface area (Å²) in [5, 5.41) is 2.74. The SMILES string of the molecule is CCOC(=O)c1cccc([C@H](C)NC(=O)OC(C)(C)C)c1. The summed E-state index contributed by atoms with van der Waals surface area (Å²) in [5.74, 6) is -0.371. The van der Waals surface area contributed by atoms with Crippen LogP contribution in [0.2, 0.25) is 0 Å². The number of nitrogens with one attached hydrogen (secondary N) is 1. The summed E-state index contributed by atoms with van der Waals surface area (Å²) < 4.78 is 10.2. The molecule has 0 aromatic heterocycles. The Bertz CT molecular complexity index is 505. The summed E-state index contributed by atoms with van der Waals surface area (Å²) in [6.45, 7) is 9.33. The molecule has 0 radical (unpaired) electrons. The van der Waals surface area contributed by atoms with Gasteiger partial charge in [-0.15, -0.1) is 0 Å². The minimum atomic E-state index is -0.545. The van der Waals surface area contributed by atoms with Gasteiger partial charge in [-0.2, -0.15) is 0 Å². The van der Waals surface area contributed by atoms with E-state index < -0.39 is 11.7 Å². The predicted octanol–water partition coefficient (Wildman–Crippen LogP) is 3.45. The Kier molecular flexibility index (Phi) is 5.76. The third-order valence-electron chi connectivity index (χ3n) is 2.63. The number of esters is 1. The van der Waals surface area contributed by atoms with Crippen molar-refractivity contribution in [1.29, 1.82) is 0 Å². The molecule has 0 unspecified atom stereocenters. The zero-order valence-corrected chi connectivity index (χ0v) is 13.2. The van der Waals surface area contributed by atoms with E-state index in [9.17, 15) is 9.59 Å². The van der Waals surface area contributed by atoms with Crippen LogP contribution in [0, 0.1) is 0 Å². The van der Waals surface area contributed by atoms with E-state index >= 15 is 0 Å². The largest absolute Gasteiger partial charge is 0.462 e. The highest BCUT2D eigenvalue weighted by atomic mass is 16.6. The van der Waals surface area contributed by atoms with E-state index in [-0.39, 0.29) is 12.0 Å². The Hall–Kier alpha value is -2.04. The molecule has 116 valence electrons. The molecule has 1 N–H and O–H groups in total. The predicted molar refractivity (Wildman–Crippen MR) is 80.2 cm³/mol. The summed E-state index contributed by atoms with van der Waals surface area (Å²) in [6.07, 6.45) is -0.489. The molecule has 0 bridgehead atoms. The highest BCUT2D eigenvalue weighted by Gasteiger charge is 2.18. The quantitative estimate of drug-likeness (QED) is 0.864. The topological polar surface area (TPSA) is 64.6 Å². The number of amides is 1. The first-order chi connectivity index (χ1) is 9.73. The van der Waals surface area contributed by atoms with Gasteiger partial charge in [0, 0.05) is 0 Å². The number of benzene rings is 1. The van der Waals surface area contributed by atoms with Crippen LogP contribution in [0.1, 0.15) is 56.6 Å². The van der Waals surface area contributed by atoms with Gasteiger partial charge in [0.2, 0.25) is 0 Å². The zero-order chi connectivity index (χ0) is 16.0. The first-order valence-corrected chi connectivity index (χ1v) is 6.99. The molecule has 1 atom stereocenters. The van der Waals surface area contributed by atoms with Gasteiger partial charge in [-0.1, -0.05) is 12.1 Å². The average Bonchev–Trinajstić information content (AvgIpc) is 2.36. The minimum absolute atomic E-state index is 0.269. The fourth-order valence-electron chi connectivity index (χ4n) is 1.72. The van der Waals surface area contributed by atoms with Crippen molar-refractivity contribution < 1.29 is 19.1 Å². The van der Waals surface area contributed by atoms with E-state index in [1.54, 1.807) is 45.9 Å². The van der Waals surface area contributed by atoms with Gasteiger partial charge in [0.25, 0.3) is 0 Å². The smallest absolute Gasteiger partial charge is 0.408 e. The van der Waals surface area contributed by atoms with Crippen molar-refractivity contribution in [2.75, 3.05) is 6.61 Å². The van der Waals surface area contributed by atoms with Crippen LogP contribution in [0.15, 0.2) is 24.3 Å². The molecule has 1 aromatic rings. The van der Waals surface area contributed by atoms with Crippen molar-refractivity contribution in [2.45, 2.75) is 46.3 Å². The molecule has 0 aliphatic heterocycles. The van der Waals surface area contributed by atoms with Gasteiger partial charge >= 0.3 is 12.1 Å². The molecule has 21 heavy (non-hydrogen) atoms. The van der Waals surface area contributed by atoms with Gasteiger partial charge in [-0.05, 0) is 52.3 Å². The van der Waals surface area contributed by atoms with Crippen LogP contribution in [0.4, 0.5) is 4.79 Å². The first-order valence-electron chi connectivity index (χ1n) is 6.99. The molecular weight excluding hydrogens is 270 g/mol. The van der Waals surface area contributed by atoms with Crippen molar-refractivity contribution in [3.8, 4) is 0 Å². The Morgan fingerprint density at radius 1 is 1.29 bits per heavy atom. The number of hydrogen-bond donors (Lipinski definition) is 1. The second-order valence-corrected chi connectivity index (χ2v) is 5.71. The number of alkyl carbamates (subject to hydrolysis) is 1. The summed E-state index contributed by atoms with van der Waals surface area (Å²) in [6, 6.07) is 6.72. The second-order valence-electron chi connectivity index (χ2n) is 5.71. The van der Waals surface area contributed by atoms with Gasteiger partial charge in [-0.25, -0.2) is 9.59 Å². The maximum Gasteiger partial charge on any atom is 0.408 e. The molecule has 0 saturated carbocycles. The number of carbonyl (C=O) groups is 2. The van der Waals surface area contributed by atoms with Crippen molar-refractivity contribution in [3.05, 3.63) is 35.4 Å². The minimum Gasteiger partial charge on any atom is -0.462 e. The van der Waals surface area contributed by atoms with Gasteiger partial charge in [0.05, 0.1) is 18.2 Å². The van der Waals surface area contributed by atoms with Crippen LogP contribution in [0.3, 0.4) is 0 Å². The molecule has 1 amide bonds. The molecule has 0 aliphatic carbocycles. The lowest BCUT2D eigenvalue weighted by molar-refractivity contribution is 0.0505. The van der Waals surface area contributed by atoms with Crippen LogP contribution < -0.4 is 5.32 Å². The normalized spacial score (nSPS) is 12.4. The van der Waals surface area contributed by atoms with Gasteiger partial charge in [-0.3, -0.25) is 0 Å². The molecule has 0 aliphatic rings. The summed E-state index contributed by atoms with van der Waals surface area (Å²) in [7, 11) is 0. The van der Waals surface area contributed by atoms with E-state index in [4.69, 9.17) is 9.47 Å². The number of hydrogen-bond acceptors (Lipinski definition) is 4.